The lowest BCUT2D eigenvalue weighted by atomic mass is 9.89. The van der Waals surface area contributed by atoms with Gasteiger partial charge in [0.15, 0.2) is 0 Å². The minimum Gasteiger partial charge on any atom is -0.310 e. The SMILES string of the molecule is CC(C)C1CCCC(NC2CCCC2C#N)CC1. The minimum absolute atomic E-state index is 0.272. The molecule has 4 atom stereocenters. The van der Waals surface area contributed by atoms with Gasteiger partial charge in [-0.25, -0.2) is 0 Å². The summed E-state index contributed by atoms with van der Waals surface area (Å²) in [5.41, 5.74) is 0. The van der Waals surface area contributed by atoms with E-state index >= 15 is 0 Å². The molecule has 0 aromatic heterocycles. The number of nitrogens with zero attached hydrogens (tertiary/aromatic N) is 1. The van der Waals surface area contributed by atoms with Gasteiger partial charge in [0.25, 0.3) is 0 Å². The molecule has 2 saturated carbocycles. The van der Waals surface area contributed by atoms with Crippen LogP contribution in [0.4, 0.5) is 0 Å². The fourth-order valence-corrected chi connectivity index (χ4v) is 3.78. The molecule has 2 rings (SSSR count). The Morgan fingerprint density at radius 1 is 1.00 bits per heavy atom. The third kappa shape index (κ3) is 3.48. The average molecular weight is 248 g/mol. The van der Waals surface area contributed by atoms with Gasteiger partial charge in [0.05, 0.1) is 12.0 Å². The zero-order valence-electron chi connectivity index (χ0n) is 12.0. The quantitative estimate of drug-likeness (QED) is 0.770. The van der Waals surface area contributed by atoms with Crippen LogP contribution in [0.5, 0.6) is 0 Å². The lowest BCUT2D eigenvalue weighted by Crippen LogP contribution is -2.39. The van der Waals surface area contributed by atoms with Crippen LogP contribution in [-0.2, 0) is 0 Å². The lowest BCUT2D eigenvalue weighted by molar-refractivity contribution is 0.329. The van der Waals surface area contributed by atoms with Crippen LogP contribution >= 0.6 is 0 Å². The predicted molar refractivity (Wildman–Crippen MR) is 75.1 cm³/mol. The van der Waals surface area contributed by atoms with Gasteiger partial charge in [-0.05, 0) is 43.9 Å². The Bertz CT molecular complexity index is 292. The number of rotatable bonds is 3. The molecular weight excluding hydrogens is 220 g/mol. The molecule has 4 unspecified atom stereocenters. The first-order valence-corrected chi connectivity index (χ1v) is 7.86. The molecule has 2 heteroatoms. The van der Waals surface area contributed by atoms with Crippen molar-refractivity contribution in [3.8, 4) is 6.07 Å². The van der Waals surface area contributed by atoms with Crippen LogP contribution in [0.15, 0.2) is 0 Å². The van der Waals surface area contributed by atoms with Gasteiger partial charge < -0.3 is 5.32 Å². The first-order valence-electron chi connectivity index (χ1n) is 7.86. The van der Waals surface area contributed by atoms with Gasteiger partial charge in [0.2, 0.25) is 0 Å². The summed E-state index contributed by atoms with van der Waals surface area (Å²) in [5.74, 6) is 2.03. The Hall–Kier alpha value is -0.550. The first-order chi connectivity index (χ1) is 8.70. The standard InChI is InChI=1S/C16H28N2/c1-12(2)13-5-3-7-15(10-9-13)18-16-8-4-6-14(16)11-17/h12-16,18H,3-10H2,1-2H3. The highest BCUT2D eigenvalue weighted by molar-refractivity contribution is 4.97. The molecule has 2 fully saturated rings. The van der Waals surface area contributed by atoms with Crippen molar-refractivity contribution in [1.29, 1.82) is 5.26 Å². The maximum atomic E-state index is 9.15. The van der Waals surface area contributed by atoms with Gasteiger partial charge in [-0.15, -0.1) is 0 Å². The van der Waals surface area contributed by atoms with Crippen LogP contribution < -0.4 is 5.32 Å². The third-order valence-electron chi connectivity index (χ3n) is 5.09. The van der Waals surface area contributed by atoms with Gasteiger partial charge >= 0.3 is 0 Å². The van der Waals surface area contributed by atoms with Crippen LogP contribution in [-0.4, -0.2) is 12.1 Å². The Morgan fingerprint density at radius 3 is 2.50 bits per heavy atom. The van der Waals surface area contributed by atoms with E-state index in [0.29, 0.717) is 12.1 Å². The fourth-order valence-electron chi connectivity index (χ4n) is 3.78. The molecule has 0 bridgehead atoms. The van der Waals surface area contributed by atoms with Crippen LogP contribution in [0, 0.1) is 29.1 Å². The summed E-state index contributed by atoms with van der Waals surface area (Å²) in [7, 11) is 0. The van der Waals surface area contributed by atoms with Gasteiger partial charge in [0, 0.05) is 12.1 Å². The van der Waals surface area contributed by atoms with Crippen molar-refractivity contribution in [3.05, 3.63) is 0 Å². The molecule has 2 nitrogen and oxygen atoms in total. The van der Waals surface area contributed by atoms with Gasteiger partial charge in [-0.1, -0.05) is 33.1 Å². The predicted octanol–water partition coefficient (Wildman–Crippen LogP) is 3.87. The molecule has 0 aromatic carbocycles. The molecule has 0 aliphatic heterocycles. The molecule has 102 valence electrons. The first kappa shape index (κ1) is 13.9. The maximum absolute atomic E-state index is 9.15. The van der Waals surface area contributed by atoms with E-state index in [1.165, 1.54) is 44.9 Å². The molecule has 0 radical (unpaired) electrons. The van der Waals surface area contributed by atoms with E-state index in [9.17, 15) is 0 Å². The van der Waals surface area contributed by atoms with E-state index in [4.69, 9.17) is 5.26 Å². The number of nitrogens with one attached hydrogen (secondary N) is 1. The van der Waals surface area contributed by atoms with Crippen LogP contribution in [0.3, 0.4) is 0 Å². The van der Waals surface area contributed by atoms with E-state index in [1.807, 2.05) is 0 Å². The van der Waals surface area contributed by atoms with E-state index in [2.05, 4.69) is 25.2 Å². The van der Waals surface area contributed by atoms with Crippen molar-refractivity contribution in [2.24, 2.45) is 17.8 Å². The second kappa shape index (κ2) is 6.57. The number of hydrogen-bond acceptors (Lipinski definition) is 2. The van der Waals surface area contributed by atoms with Crippen molar-refractivity contribution in [1.82, 2.24) is 5.32 Å². The van der Waals surface area contributed by atoms with Crippen LogP contribution in [0.25, 0.3) is 0 Å². The second-order valence-electron chi connectivity index (χ2n) is 6.65. The van der Waals surface area contributed by atoms with Crippen LogP contribution in [0.2, 0.25) is 0 Å². The largest absolute Gasteiger partial charge is 0.310 e. The summed E-state index contributed by atoms with van der Waals surface area (Å²) < 4.78 is 0. The summed E-state index contributed by atoms with van der Waals surface area (Å²) >= 11 is 0. The van der Waals surface area contributed by atoms with Gasteiger partial charge in [0.1, 0.15) is 0 Å². The maximum Gasteiger partial charge on any atom is 0.0672 e. The molecule has 0 amide bonds. The zero-order valence-corrected chi connectivity index (χ0v) is 12.0. The second-order valence-corrected chi connectivity index (χ2v) is 6.65. The summed E-state index contributed by atoms with van der Waals surface area (Å²) in [4.78, 5) is 0. The van der Waals surface area contributed by atoms with Crippen molar-refractivity contribution in [3.63, 3.8) is 0 Å². The molecule has 2 aliphatic carbocycles. The van der Waals surface area contributed by atoms with Crippen molar-refractivity contribution >= 4 is 0 Å². The highest BCUT2D eigenvalue weighted by Gasteiger charge is 2.30. The smallest absolute Gasteiger partial charge is 0.0672 e. The van der Waals surface area contributed by atoms with Crippen molar-refractivity contribution in [2.75, 3.05) is 0 Å². The Morgan fingerprint density at radius 2 is 1.78 bits per heavy atom. The topological polar surface area (TPSA) is 35.8 Å². The van der Waals surface area contributed by atoms with E-state index in [0.717, 1.165) is 18.3 Å². The normalized spacial score (nSPS) is 37.4. The van der Waals surface area contributed by atoms with E-state index in [-0.39, 0.29) is 5.92 Å². The molecule has 0 heterocycles. The summed E-state index contributed by atoms with van der Waals surface area (Å²) in [6.07, 6.45) is 10.3. The molecular formula is C16H28N2. The molecule has 1 N–H and O–H groups in total. The Balaban J connectivity index is 1.82. The molecule has 0 aromatic rings. The average Bonchev–Trinajstić information content (AvgIpc) is 2.65. The van der Waals surface area contributed by atoms with Crippen molar-refractivity contribution in [2.45, 2.75) is 77.3 Å². The van der Waals surface area contributed by atoms with Crippen molar-refractivity contribution < 1.29 is 0 Å². The summed E-state index contributed by atoms with van der Waals surface area (Å²) in [6, 6.07) is 3.64. The highest BCUT2D eigenvalue weighted by Crippen LogP contribution is 2.31. The third-order valence-corrected chi connectivity index (χ3v) is 5.09. The Kier molecular flexibility index (Phi) is 5.06. The monoisotopic (exact) mass is 248 g/mol. The van der Waals surface area contributed by atoms with E-state index in [1.54, 1.807) is 0 Å². The minimum atomic E-state index is 0.272. The molecule has 0 saturated heterocycles. The molecule has 18 heavy (non-hydrogen) atoms. The van der Waals surface area contributed by atoms with E-state index < -0.39 is 0 Å². The number of nitriles is 1. The molecule has 0 spiro atoms. The fraction of sp³-hybridized carbons (Fsp3) is 0.938. The van der Waals surface area contributed by atoms with Crippen LogP contribution in [0.1, 0.15) is 65.2 Å². The molecule has 2 aliphatic rings. The Labute approximate surface area is 112 Å². The highest BCUT2D eigenvalue weighted by atomic mass is 15.0. The zero-order chi connectivity index (χ0) is 13.0. The van der Waals surface area contributed by atoms with Gasteiger partial charge in [-0.3, -0.25) is 0 Å². The van der Waals surface area contributed by atoms with Gasteiger partial charge in [-0.2, -0.15) is 5.26 Å². The lowest BCUT2D eigenvalue weighted by Gasteiger charge is -2.24. The summed E-state index contributed by atoms with van der Waals surface area (Å²) in [5, 5.41) is 12.9. The number of hydrogen-bond donors (Lipinski definition) is 1. The summed E-state index contributed by atoms with van der Waals surface area (Å²) in [6.45, 7) is 4.72.